The minimum absolute atomic E-state index is 0.196. The van der Waals surface area contributed by atoms with Crippen LogP contribution in [-0.2, 0) is 9.59 Å². The number of nitrogens with one attached hydrogen (secondary N) is 1. The van der Waals surface area contributed by atoms with Gasteiger partial charge in [0.15, 0.2) is 0 Å². The van der Waals surface area contributed by atoms with E-state index < -0.39 is 17.4 Å². The fraction of sp³-hybridized carbons (Fsp3) is 0.846. The molecular weight excluding hydrogens is 232 g/mol. The van der Waals surface area contributed by atoms with Gasteiger partial charge in [0.1, 0.15) is 0 Å². The molecule has 1 atom stereocenters. The van der Waals surface area contributed by atoms with Crippen molar-refractivity contribution in [3.05, 3.63) is 0 Å². The predicted molar refractivity (Wildman–Crippen MR) is 69.0 cm³/mol. The fourth-order valence-electron chi connectivity index (χ4n) is 2.35. The summed E-state index contributed by atoms with van der Waals surface area (Å²) in [6.07, 6.45) is 3.63. The molecule has 5 heteroatoms. The third kappa shape index (κ3) is 3.45. The van der Waals surface area contributed by atoms with Crippen LogP contribution in [0.4, 0.5) is 0 Å². The van der Waals surface area contributed by atoms with E-state index in [1.807, 2.05) is 6.92 Å². The molecule has 104 valence electrons. The monoisotopic (exact) mass is 256 g/mol. The Bertz CT molecular complexity index is 309. The Labute approximate surface area is 108 Å². The number of carboxylic acid groups (broad SMARTS) is 1. The van der Waals surface area contributed by atoms with E-state index in [4.69, 9.17) is 5.73 Å². The maximum Gasteiger partial charge on any atom is 0.311 e. The van der Waals surface area contributed by atoms with Gasteiger partial charge in [-0.1, -0.05) is 13.8 Å². The van der Waals surface area contributed by atoms with Crippen LogP contribution in [0.3, 0.4) is 0 Å². The Morgan fingerprint density at radius 2 is 2.00 bits per heavy atom. The molecule has 5 nitrogen and oxygen atoms in total. The van der Waals surface area contributed by atoms with Crippen molar-refractivity contribution in [2.75, 3.05) is 6.54 Å². The summed E-state index contributed by atoms with van der Waals surface area (Å²) < 4.78 is 0. The van der Waals surface area contributed by atoms with Gasteiger partial charge in [-0.25, -0.2) is 0 Å². The summed E-state index contributed by atoms with van der Waals surface area (Å²) in [5.74, 6) is -0.484. The first-order valence-electron chi connectivity index (χ1n) is 6.68. The number of amides is 1. The topological polar surface area (TPSA) is 92.4 Å². The molecule has 1 aliphatic carbocycles. The summed E-state index contributed by atoms with van der Waals surface area (Å²) in [4.78, 5) is 23.1. The van der Waals surface area contributed by atoms with Gasteiger partial charge in [-0.3, -0.25) is 9.59 Å². The van der Waals surface area contributed by atoms with Crippen LogP contribution in [-0.4, -0.2) is 29.6 Å². The van der Waals surface area contributed by atoms with E-state index in [2.05, 4.69) is 12.2 Å². The zero-order chi connectivity index (χ0) is 13.8. The number of hydrogen-bond donors (Lipinski definition) is 3. The second-order valence-electron chi connectivity index (χ2n) is 5.50. The molecule has 0 aliphatic heterocycles. The van der Waals surface area contributed by atoms with Gasteiger partial charge < -0.3 is 16.2 Å². The molecule has 0 bridgehead atoms. The lowest BCUT2D eigenvalue weighted by atomic mass is 9.71. The van der Waals surface area contributed by atoms with Gasteiger partial charge in [0.2, 0.25) is 5.91 Å². The highest BCUT2D eigenvalue weighted by Gasteiger charge is 2.41. The Morgan fingerprint density at radius 3 is 2.44 bits per heavy atom. The van der Waals surface area contributed by atoms with E-state index in [9.17, 15) is 14.7 Å². The minimum Gasteiger partial charge on any atom is -0.481 e. The molecule has 1 aliphatic rings. The van der Waals surface area contributed by atoms with Crippen molar-refractivity contribution in [1.29, 1.82) is 0 Å². The first-order chi connectivity index (χ1) is 8.41. The molecule has 1 rings (SSSR count). The van der Waals surface area contributed by atoms with Crippen LogP contribution in [0.5, 0.6) is 0 Å². The minimum atomic E-state index is -0.806. The van der Waals surface area contributed by atoms with Crippen LogP contribution in [0.15, 0.2) is 0 Å². The van der Waals surface area contributed by atoms with Crippen LogP contribution < -0.4 is 11.1 Å². The Balaban J connectivity index is 2.59. The Morgan fingerprint density at radius 1 is 1.44 bits per heavy atom. The summed E-state index contributed by atoms with van der Waals surface area (Å²) in [5.41, 5.74) is 4.82. The number of carbonyl (C=O) groups is 2. The first-order valence-corrected chi connectivity index (χ1v) is 6.68. The molecule has 0 unspecified atom stereocenters. The Hall–Kier alpha value is -1.10. The van der Waals surface area contributed by atoms with Gasteiger partial charge in [0, 0.05) is 6.54 Å². The maximum absolute atomic E-state index is 11.6. The van der Waals surface area contributed by atoms with Gasteiger partial charge in [0.25, 0.3) is 0 Å². The largest absolute Gasteiger partial charge is 0.481 e. The van der Waals surface area contributed by atoms with E-state index in [-0.39, 0.29) is 12.5 Å². The van der Waals surface area contributed by atoms with Crippen molar-refractivity contribution in [3.8, 4) is 0 Å². The smallest absolute Gasteiger partial charge is 0.311 e. The van der Waals surface area contributed by atoms with Crippen molar-refractivity contribution in [1.82, 2.24) is 5.32 Å². The van der Waals surface area contributed by atoms with E-state index >= 15 is 0 Å². The second-order valence-corrected chi connectivity index (χ2v) is 5.50. The van der Waals surface area contributed by atoms with E-state index in [1.165, 1.54) is 0 Å². The van der Waals surface area contributed by atoms with Crippen molar-refractivity contribution in [2.24, 2.45) is 17.1 Å². The van der Waals surface area contributed by atoms with Crippen molar-refractivity contribution in [2.45, 2.75) is 52.0 Å². The summed E-state index contributed by atoms with van der Waals surface area (Å²) in [6.45, 7) is 4.17. The quantitative estimate of drug-likeness (QED) is 0.687. The lowest BCUT2D eigenvalue weighted by Gasteiger charge is -2.36. The number of carbonyl (C=O) groups excluding carboxylic acids is 1. The molecule has 0 spiro atoms. The zero-order valence-electron chi connectivity index (χ0n) is 11.2. The highest BCUT2D eigenvalue weighted by atomic mass is 16.4. The van der Waals surface area contributed by atoms with E-state index in [0.29, 0.717) is 25.2 Å². The average Bonchev–Trinajstić information content (AvgIpc) is 2.36. The van der Waals surface area contributed by atoms with Gasteiger partial charge >= 0.3 is 5.97 Å². The summed E-state index contributed by atoms with van der Waals surface area (Å²) >= 11 is 0. The number of nitrogens with two attached hydrogens (primary N) is 1. The molecule has 0 saturated heterocycles. The predicted octanol–water partition coefficient (Wildman–Crippen LogP) is 1.12. The third-order valence-corrected chi connectivity index (χ3v) is 4.06. The summed E-state index contributed by atoms with van der Waals surface area (Å²) in [5, 5.41) is 12.1. The van der Waals surface area contributed by atoms with Gasteiger partial charge in [-0.2, -0.15) is 0 Å². The normalized spacial score (nSPS) is 29.6. The van der Waals surface area contributed by atoms with Gasteiger partial charge in [-0.15, -0.1) is 0 Å². The molecule has 18 heavy (non-hydrogen) atoms. The van der Waals surface area contributed by atoms with Crippen LogP contribution >= 0.6 is 0 Å². The lowest BCUT2D eigenvalue weighted by molar-refractivity contribution is -0.151. The molecule has 1 saturated carbocycles. The highest BCUT2D eigenvalue weighted by Crippen LogP contribution is 2.38. The van der Waals surface area contributed by atoms with Crippen LogP contribution in [0, 0.1) is 11.3 Å². The number of carboxylic acids is 1. The average molecular weight is 256 g/mol. The van der Waals surface area contributed by atoms with Crippen molar-refractivity contribution < 1.29 is 14.7 Å². The van der Waals surface area contributed by atoms with Gasteiger partial charge in [-0.05, 0) is 38.0 Å². The molecule has 1 amide bonds. The van der Waals surface area contributed by atoms with Crippen LogP contribution in [0.1, 0.15) is 46.0 Å². The van der Waals surface area contributed by atoms with Crippen LogP contribution in [0.25, 0.3) is 0 Å². The molecule has 0 aromatic heterocycles. The number of hydrogen-bond acceptors (Lipinski definition) is 3. The molecular formula is C13H24N2O3. The standard InChI is InChI=1S/C13H24N2O3/c1-3-10(14)11(16)15-8-13(12(17)18)6-4-9(2)5-7-13/h9-10H,3-8,14H2,1-2H3,(H,15,16)(H,17,18)/t9?,10-,13?/m1/s1. The third-order valence-electron chi connectivity index (χ3n) is 4.06. The SMILES string of the molecule is CC[C@@H](N)C(=O)NCC1(C(=O)O)CCC(C)CC1. The fourth-order valence-corrected chi connectivity index (χ4v) is 2.35. The van der Waals surface area contributed by atoms with Crippen molar-refractivity contribution >= 4 is 11.9 Å². The number of rotatable bonds is 5. The zero-order valence-corrected chi connectivity index (χ0v) is 11.2. The maximum atomic E-state index is 11.6. The summed E-state index contributed by atoms with van der Waals surface area (Å²) in [7, 11) is 0. The Kier molecular flexibility index (Phi) is 5.14. The van der Waals surface area contributed by atoms with E-state index in [0.717, 1.165) is 12.8 Å². The lowest BCUT2D eigenvalue weighted by Crippen LogP contribution is -2.49. The van der Waals surface area contributed by atoms with Gasteiger partial charge in [0.05, 0.1) is 11.5 Å². The molecule has 1 fully saturated rings. The molecule has 0 aromatic carbocycles. The molecule has 0 heterocycles. The summed E-state index contributed by atoms with van der Waals surface area (Å²) in [6, 6.07) is -0.543. The molecule has 4 N–H and O–H groups in total. The van der Waals surface area contributed by atoms with Crippen LogP contribution in [0.2, 0.25) is 0 Å². The van der Waals surface area contributed by atoms with Crippen molar-refractivity contribution in [3.63, 3.8) is 0 Å². The second kappa shape index (κ2) is 6.18. The molecule has 0 aromatic rings. The number of aliphatic carboxylic acids is 1. The molecule has 0 radical (unpaired) electrons. The first kappa shape index (κ1) is 15.0. The van der Waals surface area contributed by atoms with E-state index in [1.54, 1.807) is 0 Å². The highest BCUT2D eigenvalue weighted by molar-refractivity contribution is 5.82.